The number of nitrogens with one attached hydrogen (secondary N) is 2. The van der Waals surface area contributed by atoms with Crippen LogP contribution in [-0.4, -0.2) is 92.2 Å². The van der Waals surface area contributed by atoms with E-state index < -0.39 is 11.4 Å². The SMILES string of the molecule is CCNC(=O)Nc1cc(-c2nc(-c3ccccc3)cs2)c(-c2cc3c(=O)c(C(=O)O)cn(C4CCCN(CCN(CC)CC)C4)c3cn2)cn1. The fourth-order valence-electron chi connectivity index (χ4n) is 6.50. The number of nitrogens with zero attached hydrogens (tertiary/aromatic N) is 6. The molecule has 50 heavy (non-hydrogen) atoms. The molecule has 1 aliphatic heterocycles. The normalized spacial score (nSPS) is 15.0. The predicted molar refractivity (Wildman–Crippen MR) is 198 cm³/mol. The van der Waals surface area contributed by atoms with E-state index in [1.54, 1.807) is 24.5 Å². The molecular weight excluding hydrogens is 653 g/mol. The Bertz CT molecular complexity index is 2040. The molecular formula is C37H42N8O4S. The number of likely N-dealkylation sites (N-methyl/N-ethyl adjacent to an activating group) is 1. The van der Waals surface area contributed by atoms with Gasteiger partial charge in [-0.05, 0) is 51.5 Å². The number of fused-ring (bicyclic) bond motifs is 1. The van der Waals surface area contributed by atoms with Gasteiger partial charge in [-0.1, -0.05) is 44.2 Å². The number of hydrogen-bond donors (Lipinski definition) is 3. The van der Waals surface area contributed by atoms with E-state index in [-0.39, 0.29) is 23.0 Å². The molecule has 4 aromatic heterocycles. The van der Waals surface area contributed by atoms with Gasteiger partial charge in [-0.25, -0.2) is 19.6 Å². The Hall–Kier alpha value is -4.98. The third-order valence-corrected chi connectivity index (χ3v) is 10.1. The van der Waals surface area contributed by atoms with Crippen molar-refractivity contribution in [2.75, 3.05) is 51.1 Å². The van der Waals surface area contributed by atoms with Crippen LogP contribution in [0.3, 0.4) is 0 Å². The largest absolute Gasteiger partial charge is 0.477 e. The fourth-order valence-corrected chi connectivity index (χ4v) is 7.36. The molecule has 5 heterocycles. The van der Waals surface area contributed by atoms with E-state index in [0.717, 1.165) is 63.4 Å². The lowest BCUT2D eigenvalue weighted by Crippen LogP contribution is -2.41. The molecule has 1 fully saturated rings. The predicted octanol–water partition coefficient (Wildman–Crippen LogP) is 6.07. The van der Waals surface area contributed by atoms with Gasteiger partial charge in [0.1, 0.15) is 16.4 Å². The smallest absolute Gasteiger partial charge is 0.341 e. The summed E-state index contributed by atoms with van der Waals surface area (Å²) in [6.45, 7) is 12.2. The molecule has 0 saturated carbocycles. The maximum atomic E-state index is 13.7. The number of rotatable bonds is 12. The number of piperidine rings is 1. The maximum Gasteiger partial charge on any atom is 0.341 e. The first kappa shape index (κ1) is 34.9. The van der Waals surface area contributed by atoms with Crippen LogP contribution in [0.15, 0.2) is 71.2 Å². The number of carboxylic acid groups (broad SMARTS) is 1. The molecule has 0 spiro atoms. The van der Waals surface area contributed by atoms with Gasteiger partial charge in [-0.3, -0.25) is 15.1 Å². The van der Waals surface area contributed by atoms with Crippen molar-refractivity contribution >= 4 is 40.1 Å². The number of benzene rings is 1. The molecule has 6 rings (SSSR count). The van der Waals surface area contributed by atoms with E-state index >= 15 is 0 Å². The first-order valence-corrected chi connectivity index (χ1v) is 18.0. The summed E-state index contributed by atoms with van der Waals surface area (Å²) in [5.41, 5.74) is 3.21. The summed E-state index contributed by atoms with van der Waals surface area (Å²) in [6.07, 6.45) is 6.58. The minimum atomic E-state index is -1.27. The second kappa shape index (κ2) is 15.7. The number of aromatic nitrogens is 4. The average Bonchev–Trinajstić information content (AvgIpc) is 3.63. The average molecular weight is 695 g/mol. The summed E-state index contributed by atoms with van der Waals surface area (Å²) < 4.78 is 1.94. The molecule has 1 aromatic carbocycles. The van der Waals surface area contributed by atoms with Gasteiger partial charge in [0, 0.05) is 66.7 Å². The second-order valence-corrected chi connectivity index (χ2v) is 13.2. The van der Waals surface area contributed by atoms with E-state index in [4.69, 9.17) is 9.97 Å². The Morgan fingerprint density at radius 2 is 1.84 bits per heavy atom. The number of pyridine rings is 3. The van der Waals surface area contributed by atoms with Gasteiger partial charge in [-0.15, -0.1) is 11.3 Å². The van der Waals surface area contributed by atoms with Gasteiger partial charge in [0.05, 0.1) is 28.5 Å². The summed E-state index contributed by atoms with van der Waals surface area (Å²) >= 11 is 1.44. The maximum absolute atomic E-state index is 13.7. The highest BCUT2D eigenvalue weighted by molar-refractivity contribution is 7.13. The van der Waals surface area contributed by atoms with Crippen LogP contribution < -0.4 is 16.1 Å². The molecule has 260 valence electrons. The Labute approximate surface area is 294 Å². The number of likely N-dealkylation sites (tertiary alicyclic amines) is 1. The highest BCUT2D eigenvalue weighted by Crippen LogP contribution is 2.37. The van der Waals surface area contributed by atoms with Crippen LogP contribution >= 0.6 is 11.3 Å². The quantitative estimate of drug-likeness (QED) is 0.142. The molecule has 5 aromatic rings. The number of anilines is 1. The summed E-state index contributed by atoms with van der Waals surface area (Å²) in [4.78, 5) is 57.6. The first-order chi connectivity index (χ1) is 24.3. The monoisotopic (exact) mass is 694 g/mol. The number of carbonyl (C=O) groups excluding carboxylic acids is 1. The molecule has 1 atom stereocenters. The van der Waals surface area contributed by atoms with Gasteiger partial charge in [0.25, 0.3) is 0 Å². The zero-order valence-electron chi connectivity index (χ0n) is 28.6. The molecule has 12 nitrogen and oxygen atoms in total. The van der Waals surface area contributed by atoms with Crippen molar-refractivity contribution < 1.29 is 14.7 Å². The molecule has 0 radical (unpaired) electrons. The van der Waals surface area contributed by atoms with Gasteiger partial charge >= 0.3 is 12.0 Å². The van der Waals surface area contributed by atoms with Crippen molar-refractivity contribution in [3.63, 3.8) is 0 Å². The van der Waals surface area contributed by atoms with Gasteiger partial charge in [0.15, 0.2) is 0 Å². The lowest BCUT2D eigenvalue weighted by molar-refractivity contribution is 0.0694. The molecule has 2 amide bonds. The van der Waals surface area contributed by atoms with E-state index in [2.05, 4.69) is 39.3 Å². The van der Waals surface area contributed by atoms with Crippen LogP contribution in [0.2, 0.25) is 0 Å². The van der Waals surface area contributed by atoms with Crippen molar-refractivity contribution in [1.29, 1.82) is 0 Å². The first-order valence-electron chi connectivity index (χ1n) is 17.1. The number of amides is 2. The number of carboxylic acids is 1. The van der Waals surface area contributed by atoms with Gasteiger partial charge < -0.3 is 24.8 Å². The lowest BCUT2D eigenvalue weighted by Gasteiger charge is -2.35. The summed E-state index contributed by atoms with van der Waals surface area (Å²) in [7, 11) is 0. The van der Waals surface area contributed by atoms with Crippen LogP contribution in [-0.2, 0) is 0 Å². The molecule has 0 aliphatic carbocycles. The molecule has 0 bridgehead atoms. The van der Waals surface area contributed by atoms with E-state index in [1.807, 2.05) is 47.2 Å². The van der Waals surface area contributed by atoms with Gasteiger partial charge in [0.2, 0.25) is 5.43 Å². The van der Waals surface area contributed by atoms with E-state index in [0.29, 0.717) is 39.7 Å². The van der Waals surface area contributed by atoms with Crippen LogP contribution in [0.25, 0.3) is 44.0 Å². The number of urea groups is 1. The molecule has 1 unspecified atom stereocenters. The van der Waals surface area contributed by atoms with Crippen LogP contribution in [0.5, 0.6) is 0 Å². The Kier molecular flexibility index (Phi) is 11.0. The molecule has 3 N–H and O–H groups in total. The fraction of sp³-hybridized carbons (Fsp3) is 0.351. The number of thiazole rings is 1. The minimum absolute atomic E-state index is 0.0158. The number of hydrogen-bond acceptors (Lipinski definition) is 9. The van der Waals surface area contributed by atoms with Crippen LogP contribution in [0.1, 0.15) is 50.0 Å². The molecule has 1 aliphatic rings. The molecule has 13 heteroatoms. The highest BCUT2D eigenvalue weighted by Gasteiger charge is 2.26. The highest BCUT2D eigenvalue weighted by atomic mass is 32.1. The Balaban J connectivity index is 1.42. The third-order valence-electron chi connectivity index (χ3n) is 9.21. The van der Waals surface area contributed by atoms with Crippen molar-refractivity contribution in [1.82, 2.24) is 34.6 Å². The Morgan fingerprint density at radius 1 is 1.04 bits per heavy atom. The van der Waals surface area contributed by atoms with Gasteiger partial charge in [-0.2, -0.15) is 0 Å². The minimum Gasteiger partial charge on any atom is -0.477 e. The topological polar surface area (TPSA) is 146 Å². The zero-order valence-corrected chi connectivity index (χ0v) is 29.4. The van der Waals surface area contributed by atoms with E-state index in [1.165, 1.54) is 17.5 Å². The van der Waals surface area contributed by atoms with E-state index in [9.17, 15) is 19.5 Å². The summed E-state index contributed by atoms with van der Waals surface area (Å²) in [5, 5.41) is 18.5. The number of carbonyl (C=O) groups is 2. The number of aromatic carboxylic acids is 1. The van der Waals surface area contributed by atoms with Crippen molar-refractivity contribution in [3.05, 3.63) is 82.2 Å². The third kappa shape index (κ3) is 7.59. The van der Waals surface area contributed by atoms with Crippen LogP contribution in [0.4, 0.5) is 10.6 Å². The van der Waals surface area contributed by atoms with Crippen LogP contribution in [0, 0.1) is 0 Å². The van der Waals surface area contributed by atoms with Crippen molar-refractivity contribution in [2.45, 2.75) is 39.7 Å². The lowest BCUT2D eigenvalue weighted by atomic mass is 10.0. The molecule has 1 saturated heterocycles. The Morgan fingerprint density at radius 3 is 2.58 bits per heavy atom. The summed E-state index contributed by atoms with van der Waals surface area (Å²) in [6, 6.07) is 12.8. The van der Waals surface area contributed by atoms with Crippen molar-refractivity contribution in [3.8, 4) is 33.1 Å². The second-order valence-electron chi connectivity index (χ2n) is 12.3. The summed E-state index contributed by atoms with van der Waals surface area (Å²) in [5.74, 6) is -0.942. The zero-order chi connectivity index (χ0) is 35.2. The standard InChI is InChI=1S/C37H42N8O4S/c1-4-38-37(49)42-33-18-26(35-41-31(23-50-35)24-11-8-7-9-12-24)28(19-40-33)30-17-27-32(20-39-30)45(22-29(34(27)46)36(47)48)25-13-10-14-44(21-25)16-15-43(5-2)6-3/h7-9,11-12,17-20,22-23,25H,4-6,10,13-16,21H2,1-3H3,(H,47,48)(H2,38,40,42,49). The van der Waals surface area contributed by atoms with Crippen molar-refractivity contribution in [2.24, 2.45) is 0 Å².